The van der Waals surface area contributed by atoms with Crippen LogP contribution in [0, 0.1) is 13.8 Å². The van der Waals surface area contributed by atoms with Crippen molar-refractivity contribution in [2.24, 2.45) is 5.73 Å². The Morgan fingerprint density at radius 1 is 1.25 bits per heavy atom. The van der Waals surface area contributed by atoms with Gasteiger partial charge >= 0.3 is 6.18 Å². The highest BCUT2D eigenvalue weighted by molar-refractivity contribution is 5.32. The summed E-state index contributed by atoms with van der Waals surface area (Å²) in [6.07, 6.45) is -3.12. The normalized spacial score (nSPS) is 13.5. The molecule has 0 fully saturated rings. The minimum Gasteiger partial charge on any atom is -0.322 e. The number of nitrogens with zero attached hydrogens (tertiary/aromatic N) is 2. The lowest BCUT2D eigenvalue weighted by Crippen LogP contribution is -2.19. The molecule has 1 aromatic heterocycles. The molecule has 0 aliphatic carbocycles. The molecule has 0 amide bonds. The third kappa shape index (κ3) is 3.19. The van der Waals surface area contributed by atoms with Crippen molar-refractivity contribution in [3.8, 4) is 0 Å². The highest BCUT2D eigenvalue weighted by Gasteiger charge is 2.33. The van der Waals surface area contributed by atoms with Gasteiger partial charge in [0.2, 0.25) is 0 Å². The Balaban J connectivity index is 2.17. The van der Waals surface area contributed by atoms with Crippen LogP contribution in [0.5, 0.6) is 0 Å². The molecule has 1 unspecified atom stereocenters. The lowest BCUT2D eigenvalue weighted by molar-refractivity contribution is -0.141. The third-order valence-electron chi connectivity index (χ3n) is 3.15. The maximum atomic E-state index is 12.5. The van der Waals surface area contributed by atoms with Crippen molar-refractivity contribution in [1.29, 1.82) is 0 Å². The van der Waals surface area contributed by atoms with E-state index in [-0.39, 0.29) is 6.54 Å². The molecule has 2 N–H and O–H groups in total. The third-order valence-corrected chi connectivity index (χ3v) is 3.15. The molecule has 0 spiro atoms. The fraction of sp³-hybridized carbons (Fsp3) is 0.357. The van der Waals surface area contributed by atoms with E-state index in [9.17, 15) is 13.2 Å². The molecule has 1 atom stereocenters. The Kier molecular flexibility index (Phi) is 3.85. The maximum absolute atomic E-state index is 12.5. The summed E-state index contributed by atoms with van der Waals surface area (Å²) < 4.78 is 38.6. The van der Waals surface area contributed by atoms with Crippen LogP contribution in [0.1, 0.15) is 28.4 Å². The second-order valence-corrected chi connectivity index (χ2v) is 4.89. The van der Waals surface area contributed by atoms with E-state index in [1.54, 1.807) is 0 Å². The van der Waals surface area contributed by atoms with E-state index in [4.69, 9.17) is 5.73 Å². The van der Waals surface area contributed by atoms with Crippen LogP contribution < -0.4 is 5.73 Å². The SMILES string of the molecule is Cc1ccc(C)c(C(N)Cn2ccc(C(F)(F)F)n2)c1. The van der Waals surface area contributed by atoms with Crippen LogP contribution in [-0.4, -0.2) is 9.78 Å². The smallest absolute Gasteiger partial charge is 0.322 e. The molecule has 108 valence electrons. The van der Waals surface area contributed by atoms with Gasteiger partial charge in [0, 0.05) is 12.2 Å². The van der Waals surface area contributed by atoms with Crippen LogP contribution in [0.4, 0.5) is 13.2 Å². The molecule has 0 bridgehead atoms. The molecule has 0 aliphatic rings. The molecule has 0 saturated heterocycles. The first-order valence-corrected chi connectivity index (χ1v) is 6.21. The number of halogens is 3. The summed E-state index contributed by atoms with van der Waals surface area (Å²) in [7, 11) is 0. The fourth-order valence-electron chi connectivity index (χ4n) is 2.07. The summed E-state index contributed by atoms with van der Waals surface area (Å²) >= 11 is 0. The summed E-state index contributed by atoms with van der Waals surface area (Å²) in [5, 5.41) is 3.51. The van der Waals surface area contributed by atoms with Gasteiger partial charge in [0.15, 0.2) is 5.69 Å². The average Bonchev–Trinajstić information content (AvgIpc) is 2.80. The zero-order chi connectivity index (χ0) is 14.9. The van der Waals surface area contributed by atoms with E-state index in [1.807, 2.05) is 32.0 Å². The molecule has 1 aromatic carbocycles. The first-order valence-electron chi connectivity index (χ1n) is 6.21. The van der Waals surface area contributed by atoms with E-state index >= 15 is 0 Å². The summed E-state index contributed by atoms with van der Waals surface area (Å²) in [5.74, 6) is 0. The molecule has 2 aromatic rings. The van der Waals surface area contributed by atoms with Crippen LogP contribution in [0.2, 0.25) is 0 Å². The number of benzene rings is 1. The quantitative estimate of drug-likeness (QED) is 0.940. The molecule has 0 saturated carbocycles. The Morgan fingerprint density at radius 2 is 1.95 bits per heavy atom. The van der Waals surface area contributed by atoms with Gasteiger partial charge in [-0.2, -0.15) is 18.3 Å². The molecular formula is C14H16F3N3. The van der Waals surface area contributed by atoms with E-state index in [1.165, 1.54) is 10.9 Å². The summed E-state index contributed by atoms with van der Waals surface area (Å²) in [5.41, 5.74) is 8.19. The zero-order valence-corrected chi connectivity index (χ0v) is 11.3. The second-order valence-electron chi connectivity index (χ2n) is 4.89. The first-order chi connectivity index (χ1) is 9.27. The minimum absolute atomic E-state index is 0.209. The maximum Gasteiger partial charge on any atom is 0.435 e. The second kappa shape index (κ2) is 5.28. The van der Waals surface area contributed by atoms with Gasteiger partial charge < -0.3 is 5.73 Å². The molecule has 0 aliphatic heterocycles. The molecule has 6 heteroatoms. The molecule has 3 nitrogen and oxygen atoms in total. The van der Waals surface area contributed by atoms with Gasteiger partial charge in [-0.3, -0.25) is 4.68 Å². The van der Waals surface area contributed by atoms with Gasteiger partial charge in [0.05, 0.1) is 6.54 Å². The number of nitrogens with two attached hydrogens (primary N) is 1. The van der Waals surface area contributed by atoms with Gasteiger partial charge in [0.25, 0.3) is 0 Å². The Bertz CT molecular complexity index is 602. The number of aromatic nitrogens is 2. The van der Waals surface area contributed by atoms with Gasteiger partial charge in [0.1, 0.15) is 0 Å². The van der Waals surface area contributed by atoms with Crippen LogP contribution in [-0.2, 0) is 12.7 Å². The van der Waals surface area contributed by atoms with Crippen LogP contribution in [0.3, 0.4) is 0 Å². The van der Waals surface area contributed by atoms with E-state index in [2.05, 4.69) is 5.10 Å². The molecule has 0 radical (unpaired) electrons. The molecule has 2 rings (SSSR count). The molecule has 1 heterocycles. The highest BCUT2D eigenvalue weighted by atomic mass is 19.4. The average molecular weight is 283 g/mol. The van der Waals surface area contributed by atoms with Gasteiger partial charge in [-0.25, -0.2) is 0 Å². The van der Waals surface area contributed by atoms with Crippen molar-refractivity contribution in [2.45, 2.75) is 32.6 Å². The minimum atomic E-state index is -4.42. The highest BCUT2D eigenvalue weighted by Crippen LogP contribution is 2.27. The molecule has 20 heavy (non-hydrogen) atoms. The Labute approximate surface area is 115 Å². The van der Waals surface area contributed by atoms with Crippen molar-refractivity contribution in [1.82, 2.24) is 9.78 Å². The van der Waals surface area contributed by atoms with E-state index in [0.717, 1.165) is 22.8 Å². The van der Waals surface area contributed by atoms with Crippen LogP contribution in [0.15, 0.2) is 30.5 Å². The van der Waals surface area contributed by atoms with Gasteiger partial charge in [-0.1, -0.05) is 23.8 Å². The van der Waals surface area contributed by atoms with E-state index in [0.29, 0.717) is 0 Å². The summed E-state index contributed by atoms with van der Waals surface area (Å²) in [4.78, 5) is 0. The molecular weight excluding hydrogens is 267 g/mol. The first kappa shape index (κ1) is 14.6. The van der Waals surface area contributed by atoms with Crippen molar-refractivity contribution >= 4 is 0 Å². The summed E-state index contributed by atoms with van der Waals surface area (Å²) in [6, 6.07) is 6.44. The Hall–Kier alpha value is -1.82. The number of hydrogen-bond donors (Lipinski definition) is 1. The van der Waals surface area contributed by atoms with E-state index < -0.39 is 17.9 Å². The van der Waals surface area contributed by atoms with Gasteiger partial charge in [-0.05, 0) is 31.0 Å². The fourth-order valence-corrected chi connectivity index (χ4v) is 2.07. The number of hydrogen-bond acceptors (Lipinski definition) is 2. The predicted octanol–water partition coefficient (Wildman–Crippen LogP) is 3.22. The van der Waals surface area contributed by atoms with Crippen molar-refractivity contribution < 1.29 is 13.2 Å². The number of alkyl halides is 3. The van der Waals surface area contributed by atoms with Crippen molar-refractivity contribution in [2.75, 3.05) is 0 Å². The zero-order valence-electron chi connectivity index (χ0n) is 11.3. The lowest BCUT2D eigenvalue weighted by Gasteiger charge is -2.15. The monoisotopic (exact) mass is 283 g/mol. The van der Waals surface area contributed by atoms with Crippen molar-refractivity contribution in [3.05, 3.63) is 52.8 Å². The summed E-state index contributed by atoms with van der Waals surface area (Å²) in [6.45, 7) is 4.09. The van der Waals surface area contributed by atoms with Crippen LogP contribution >= 0.6 is 0 Å². The van der Waals surface area contributed by atoms with Crippen LogP contribution in [0.25, 0.3) is 0 Å². The number of aryl methyl sites for hydroxylation is 2. The standard InChI is InChI=1S/C14H16F3N3/c1-9-3-4-10(2)11(7-9)12(18)8-20-6-5-13(19-20)14(15,16)17/h3-7,12H,8,18H2,1-2H3. The van der Waals surface area contributed by atoms with Gasteiger partial charge in [-0.15, -0.1) is 0 Å². The predicted molar refractivity (Wildman–Crippen MR) is 70.1 cm³/mol. The lowest BCUT2D eigenvalue weighted by atomic mass is 9.99. The van der Waals surface area contributed by atoms with Crippen molar-refractivity contribution in [3.63, 3.8) is 0 Å². The topological polar surface area (TPSA) is 43.8 Å². The number of rotatable bonds is 3. The Morgan fingerprint density at radius 3 is 2.55 bits per heavy atom. The largest absolute Gasteiger partial charge is 0.435 e.